The van der Waals surface area contributed by atoms with E-state index in [1.165, 1.54) is 4.68 Å². The van der Waals surface area contributed by atoms with Crippen molar-refractivity contribution in [2.75, 3.05) is 0 Å². The van der Waals surface area contributed by atoms with Crippen LogP contribution < -0.4 is 5.32 Å². The van der Waals surface area contributed by atoms with Gasteiger partial charge in [0.2, 0.25) is 5.91 Å². The standard InChI is InChI=1S/C13H18N4O3/c1-9(10-5-4-6-20-10)14-12(18)8-17-7-11(15-16-17)13(2,3)19/h4-7,9,19H,8H2,1-3H3,(H,14,18). The van der Waals surface area contributed by atoms with E-state index in [-0.39, 0.29) is 18.5 Å². The molecule has 20 heavy (non-hydrogen) atoms. The largest absolute Gasteiger partial charge is 0.467 e. The molecule has 7 nitrogen and oxygen atoms in total. The summed E-state index contributed by atoms with van der Waals surface area (Å²) >= 11 is 0. The number of carbonyl (C=O) groups is 1. The minimum absolute atomic E-state index is 0.0358. The van der Waals surface area contributed by atoms with Crippen LogP contribution in [0.4, 0.5) is 0 Å². The summed E-state index contributed by atoms with van der Waals surface area (Å²) in [6.07, 6.45) is 3.11. The fourth-order valence-corrected chi connectivity index (χ4v) is 1.70. The van der Waals surface area contributed by atoms with Gasteiger partial charge in [-0.2, -0.15) is 0 Å². The highest BCUT2D eigenvalue weighted by molar-refractivity contribution is 5.76. The lowest BCUT2D eigenvalue weighted by Gasteiger charge is -2.12. The SMILES string of the molecule is CC(NC(=O)Cn1cc(C(C)(C)O)nn1)c1ccco1. The number of aliphatic hydroxyl groups is 1. The number of amides is 1. The monoisotopic (exact) mass is 278 g/mol. The highest BCUT2D eigenvalue weighted by atomic mass is 16.3. The van der Waals surface area contributed by atoms with Crippen LogP contribution >= 0.6 is 0 Å². The van der Waals surface area contributed by atoms with E-state index >= 15 is 0 Å². The summed E-state index contributed by atoms with van der Waals surface area (Å²) < 4.78 is 6.60. The number of furan rings is 1. The van der Waals surface area contributed by atoms with Crippen LogP contribution in [0.3, 0.4) is 0 Å². The van der Waals surface area contributed by atoms with Gasteiger partial charge in [-0.3, -0.25) is 4.79 Å². The molecule has 0 aromatic carbocycles. The van der Waals surface area contributed by atoms with Crippen molar-refractivity contribution in [3.63, 3.8) is 0 Å². The zero-order valence-electron chi connectivity index (χ0n) is 11.7. The zero-order chi connectivity index (χ0) is 14.8. The van der Waals surface area contributed by atoms with Crippen molar-refractivity contribution in [1.82, 2.24) is 20.3 Å². The molecular formula is C13H18N4O3. The van der Waals surface area contributed by atoms with Gasteiger partial charge in [-0.1, -0.05) is 5.21 Å². The van der Waals surface area contributed by atoms with Crippen molar-refractivity contribution in [1.29, 1.82) is 0 Å². The van der Waals surface area contributed by atoms with E-state index in [2.05, 4.69) is 15.6 Å². The molecule has 108 valence electrons. The second kappa shape index (κ2) is 5.46. The Morgan fingerprint density at radius 2 is 2.35 bits per heavy atom. The Hall–Kier alpha value is -2.15. The third kappa shape index (κ3) is 3.45. The van der Waals surface area contributed by atoms with Gasteiger partial charge in [0.15, 0.2) is 0 Å². The molecule has 0 aliphatic heterocycles. The van der Waals surface area contributed by atoms with E-state index in [0.29, 0.717) is 11.5 Å². The molecule has 0 saturated heterocycles. The van der Waals surface area contributed by atoms with Crippen molar-refractivity contribution in [3.05, 3.63) is 36.0 Å². The highest BCUT2D eigenvalue weighted by Gasteiger charge is 2.21. The zero-order valence-corrected chi connectivity index (χ0v) is 11.7. The quantitative estimate of drug-likeness (QED) is 0.850. The Labute approximate surface area is 116 Å². The van der Waals surface area contributed by atoms with Crippen LogP contribution in [-0.2, 0) is 16.9 Å². The first-order valence-electron chi connectivity index (χ1n) is 6.32. The summed E-state index contributed by atoms with van der Waals surface area (Å²) in [7, 11) is 0. The second-order valence-electron chi connectivity index (χ2n) is 5.17. The highest BCUT2D eigenvalue weighted by Crippen LogP contribution is 2.15. The molecule has 1 unspecified atom stereocenters. The van der Waals surface area contributed by atoms with Gasteiger partial charge >= 0.3 is 0 Å². The smallest absolute Gasteiger partial charge is 0.242 e. The topological polar surface area (TPSA) is 93.2 Å². The van der Waals surface area contributed by atoms with E-state index in [9.17, 15) is 9.90 Å². The maximum atomic E-state index is 11.9. The van der Waals surface area contributed by atoms with Gasteiger partial charge in [0, 0.05) is 0 Å². The summed E-state index contributed by atoms with van der Waals surface area (Å²) in [4.78, 5) is 11.9. The number of rotatable bonds is 5. The molecular weight excluding hydrogens is 260 g/mol. The lowest BCUT2D eigenvalue weighted by Crippen LogP contribution is -2.30. The molecule has 1 amide bonds. The van der Waals surface area contributed by atoms with Gasteiger partial charge in [0.25, 0.3) is 0 Å². The first-order chi connectivity index (χ1) is 9.36. The molecule has 0 radical (unpaired) electrons. The normalized spacial score (nSPS) is 13.2. The van der Waals surface area contributed by atoms with Gasteiger partial charge < -0.3 is 14.8 Å². The number of nitrogens with zero attached hydrogens (tertiary/aromatic N) is 3. The van der Waals surface area contributed by atoms with Crippen molar-refractivity contribution >= 4 is 5.91 Å². The van der Waals surface area contributed by atoms with Gasteiger partial charge in [-0.05, 0) is 32.9 Å². The minimum Gasteiger partial charge on any atom is -0.467 e. The van der Waals surface area contributed by atoms with Gasteiger partial charge in [0.1, 0.15) is 23.6 Å². The summed E-state index contributed by atoms with van der Waals surface area (Å²) in [5.41, 5.74) is -0.653. The number of hydrogen-bond donors (Lipinski definition) is 2. The number of hydrogen-bond acceptors (Lipinski definition) is 5. The van der Waals surface area contributed by atoms with Crippen LogP contribution in [0.15, 0.2) is 29.0 Å². The maximum absolute atomic E-state index is 11.9. The minimum atomic E-state index is -1.07. The molecule has 0 spiro atoms. The summed E-state index contributed by atoms with van der Waals surface area (Å²) in [6.45, 7) is 5.09. The Balaban J connectivity index is 1.93. The molecule has 2 aromatic rings. The lowest BCUT2D eigenvalue weighted by atomic mass is 10.1. The average molecular weight is 278 g/mol. The van der Waals surface area contributed by atoms with Crippen molar-refractivity contribution in [2.24, 2.45) is 0 Å². The Morgan fingerprint density at radius 3 is 2.90 bits per heavy atom. The molecule has 0 bridgehead atoms. The maximum Gasteiger partial charge on any atom is 0.242 e. The third-order valence-corrected chi connectivity index (χ3v) is 2.82. The Morgan fingerprint density at radius 1 is 1.60 bits per heavy atom. The van der Waals surface area contributed by atoms with E-state index in [4.69, 9.17) is 4.42 Å². The van der Waals surface area contributed by atoms with Crippen LogP contribution in [0.25, 0.3) is 0 Å². The van der Waals surface area contributed by atoms with Gasteiger partial charge in [-0.25, -0.2) is 4.68 Å². The van der Waals surface area contributed by atoms with Crippen LogP contribution in [0.1, 0.15) is 38.3 Å². The number of carbonyl (C=O) groups excluding carboxylic acids is 1. The molecule has 2 heterocycles. The van der Waals surface area contributed by atoms with Crippen molar-refractivity contribution < 1.29 is 14.3 Å². The molecule has 0 aliphatic rings. The molecule has 7 heteroatoms. The van der Waals surface area contributed by atoms with E-state index in [1.807, 2.05) is 6.92 Å². The van der Waals surface area contributed by atoms with Crippen LogP contribution in [0.2, 0.25) is 0 Å². The van der Waals surface area contributed by atoms with Gasteiger partial charge in [0.05, 0.1) is 18.5 Å². The Bertz CT molecular complexity index is 569. The van der Waals surface area contributed by atoms with Crippen LogP contribution in [0.5, 0.6) is 0 Å². The number of nitrogens with one attached hydrogen (secondary N) is 1. The molecule has 2 N–H and O–H groups in total. The second-order valence-corrected chi connectivity index (χ2v) is 5.17. The van der Waals surface area contributed by atoms with E-state index < -0.39 is 5.60 Å². The fraction of sp³-hybridized carbons (Fsp3) is 0.462. The molecule has 0 fully saturated rings. The molecule has 1 atom stereocenters. The number of aromatic nitrogens is 3. The van der Waals surface area contributed by atoms with Crippen LogP contribution in [0, 0.1) is 0 Å². The first-order valence-corrected chi connectivity index (χ1v) is 6.32. The summed E-state index contributed by atoms with van der Waals surface area (Å²) in [5, 5.41) is 20.2. The lowest BCUT2D eigenvalue weighted by molar-refractivity contribution is -0.122. The van der Waals surface area contributed by atoms with Crippen molar-refractivity contribution in [3.8, 4) is 0 Å². The fourth-order valence-electron chi connectivity index (χ4n) is 1.70. The average Bonchev–Trinajstić information content (AvgIpc) is 2.97. The van der Waals surface area contributed by atoms with Crippen LogP contribution in [-0.4, -0.2) is 26.0 Å². The predicted octanol–water partition coefficient (Wildman–Crippen LogP) is 0.976. The molecule has 2 rings (SSSR count). The molecule has 0 saturated carbocycles. The van der Waals surface area contributed by atoms with E-state index in [1.54, 1.807) is 38.4 Å². The molecule has 2 aromatic heterocycles. The van der Waals surface area contributed by atoms with E-state index in [0.717, 1.165) is 0 Å². The first kappa shape index (κ1) is 14.3. The summed E-state index contributed by atoms with van der Waals surface area (Å²) in [6, 6.07) is 3.35. The van der Waals surface area contributed by atoms with Crippen molar-refractivity contribution in [2.45, 2.75) is 39.0 Å². The summed E-state index contributed by atoms with van der Waals surface area (Å²) in [5.74, 6) is 0.482. The Kier molecular flexibility index (Phi) is 3.89. The molecule has 0 aliphatic carbocycles. The predicted molar refractivity (Wildman–Crippen MR) is 70.5 cm³/mol. The third-order valence-electron chi connectivity index (χ3n) is 2.82. The van der Waals surface area contributed by atoms with Gasteiger partial charge in [-0.15, -0.1) is 5.10 Å².